The Morgan fingerprint density at radius 3 is 2.16 bits per heavy atom. The van der Waals surface area contributed by atoms with Gasteiger partial charge in [-0.3, -0.25) is 9.59 Å². The Hall–Kier alpha value is -3.39. The molecule has 2 aromatic rings. The van der Waals surface area contributed by atoms with Crippen molar-refractivity contribution in [3.8, 4) is 0 Å². The number of aliphatic hydroxyl groups is 1. The SMILES string of the molecule is Cc1cccc(C(C(=O)NC(C)(C)C)N(CCO)C(=O)C(Cc2ccccc2)NC(=O)OC(C)(C)C)c1. The molecule has 3 N–H and O–H groups in total. The fraction of sp³-hybridized carbons (Fsp3) is 0.483. The van der Waals surface area contributed by atoms with Crippen molar-refractivity contribution in [2.75, 3.05) is 13.2 Å². The summed E-state index contributed by atoms with van der Waals surface area (Å²) in [6, 6.07) is 14.6. The lowest BCUT2D eigenvalue weighted by molar-refractivity contribution is -0.143. The molecule has 0 fully saturated rings. The fourth-order valence-corrected chi connectivity index (χ4v) is 3.93. The van der Waals surface area contributed by atoms with Gasteiger partial charge in [-0.1, -0.05) is 60.2 Å². The van der Waals surface area contributed by atoms with Crippen LogP contribution in [0.2, 0.25) is 0 Å². The molecule has 0 spiro atoms. The number of alkyl carbamates (subject to hydrolysis) is 1. The van der Waals surface area contributed by atoms with Gasteiger partial charge in [-0.25, -0.2) is 4.79 Å². The van der Waals surface area contributed by atoms with Gasteiger partial charge in [0.2, 0.25) is 11.8 Å². The van der Waals surface area contributed by atoms with Gasteiger partial charge in [0.1, 0.15) is 17.7 Å². The van der Waals surface area contributed by atoms with Gasteiger partial charge in [-0.05, 0) is 59.6 Å². The first kappa shape index (κ1) is 29.8. The Bertz CT molecular complexity index is 1060. The third-order valence-corrected chi connectivity index (χ3v) is 5.31. The average Bonchev–Trinajstić information content (AvgIpc) is 2.76. The maximum Gasteiger partial charge on any atom is 0.408 e. The summed E-state index contributed by atoms with van der Waals surface area (Å²) in [6.45, 7) is 12.2. The lowest BCUT2D eigenvalue weighted by atomic mass is 9.98. The quantitative estimate of drug-likeness (QED) is 0.473. The van der Waals surface area contributed by atoms with Crippen LogP contribution >= 0.6 is 0 Å². The number of amides is 3. The van der Waals surface area contributed by atoms with Crippen LogP contribution in [-0.4, -0.2) is 58.2 Å². The lowest BCUT2D eigenvalue weighted by Crippen LogP contribution is -2.55. The van der Waals surface area contributed by atoms with Gasteiger partial charge in [0.25, 0.3) is 0 Å². The highest BCUT2D eigenvalue weighted by molar-refractivity contribution is 5.92. The molecule has 2 atom stereocenters. The summed E-state index contributed by atoms with van der Waals surface area (Å²) in [5.41, 5.74) is 1.05. The van der Waals surface area contributed by atoms with Crippen LogP contribution in [0, 0.1) is 6.92 Å². The van der Waals surface area contributed by atoms with Crippen LogP contribution in [0.25, 0.3) is 0 Å². The van der Waals surface area contributed by atoms with Crippen LogP contribution in [0.5, 0.6) is 0 Å². The van der Waals surface area contributed by atoms with Crippen molar-refractivity contribution in [1.82, 2.24) is 15.5 Å². The van der Waals surface area contributed by atoms with Crippen LogP contribution in [0.3, 0.4) is 0 Å². The summed E-state index contributed by atoms with van der Waals surface area (Å²) in [6.07, 6.45) is -0.556. The number of rotatable bonds is 9. The number of hydrogen-bond acceptors (Lipinski definition) is 5. The molecule has 0 aliphatic heterocycles. The highest BCUT2D eigenvalue weighted by atomic mass is 16.6. The number of carbonyl (C=O) groups is 3. The Morgan fingerprint density at radius 1 is 0.973 bits per heavy atom. The molecule has 0 aromatic heterocycles. The largest absolute Gasteiger partial charge is 0.444 e. The van der Waals surface area contributed by atoms with E-state index >= 15 is 0 Å². The molecule has 0 saturated heterocycles. The molecule has 8 heteroatoms. The summed E-state index contributed by atoms with van der Waals surface area (Å²) in [5, 5.41) is 15.6. The van der Waals surface area contributed by atoms with E-state index in [1.165, 1.54) is 4.90 Å². The molecule has 0 heterocycles. The van der Waals surface area contributed by atoms with Crippen LogP contribution < -0.4 is 10.6 Å². The van der Waals surface area contributed by atoms with Crippen molar-refractivity contribution in [2.24, 2.45) is 0 Å². The van der Waals surface area contributed by atoms with Crippen molar-refractivity contribution in [3.63, 3.8) is 0 Å². The molecule has 37 heavy (non-hydrogen) atoms. The standard InChI is InChI=1S/C29H41N3O5/c1-20-12-11-15-22(18-20)24(25(34)31-28(2,3)4)32(16-17-33)26(35)23(19-21-13-9-8-10-14-21)30-27(36)37-29(5,6)7/h8-15,18,23-24,33H,16-17,19H2,1-7H3,(H,30,36)(H,31,34). The van der Waals surface area contributed by atoms with E-state index in [4.69, 9.17) is 4.74 Å². The zero-order valence-corrected chi connectivity index (χ0v) is 23.0. The number of aryl methyl sites for hydroxylation is 1. The second-order valence-corrected chi connectivity index (χ2v) is 11.2. The number of carbonyl (C=O) groups excluding carboxylic acids is 3. The molecule has 8 nitrogen and oxygen atoms in total. The Kier molecular flexibility index (Phi) is 10.3. The topological polar surface area (TPSA) is 108 Å². The van der Waals surface area contributed by atoms with E-state index in [0.717, 1.165) is 11.1 Å². The van der Waals surface area contributed by atoms with Gasteiger partial charge in [-0.2, -0.15) is 0 Å². The van der Waals surface area contributed by atoms with Gasteiger partial charge < -0.3 is 25.4 Å². The third kappa shape index (κ3) is 9.88. The minimum Gasteiger partial charge on any atom is -0.444 e. The van der Waals surface area contributed by atoms with Crippen molar-refractivity contribution < 1.29 is 24.2 Å². The molecule has 3 amide bonds. The minimum absolute atomic E-state index is 0.101. The number of aliphatic hydroxyl groups excluding tert-OH is 1. The number of ether oxygens (including phenoxy) is 1. The van der Waals surface area contributed by atoms with Crippen LogP contribution in [0.4, 0.5) is 4.79 Å². The number of hydrogen-bond donors (Lipinski definition) is 3. The zero-order chi connectivity index (χ0) is 27.8. The van der Waals surface area contributed by atoms with Crippen molar-refractivity contribution in [1.29, 1.82) is 0 Å². The third-order valence-electron chi connectivity index (χ3n) is 5.31. The Morgan fingerprint density at radius 2 is 1.62 bits per heavy atom. The summed E-state index contributed by atoms with van der Waals surface area (Å²) >= 11 is 0. The highest BCUT2D eigenvalue weighted by Crippen LogP contribution is 2.25. The van der Waals surface area contributed by atoms with Crippen LogP contribution in [0.1, 0.15) is 64.3 Å². The molecule has 0 aliphatic rings. The first-order valence-corrected chi connectivity index (χ1v) is 12.5. The number of nitrogens with zero attached hydrogens (tertiary/aromatic N) is 1. The maximum absolute atomic E-state index is 14.1. The van der Waals surface area contributed by atoms with E-state index < -0.39 is 35.2 Å². The molecule has 202 valence electrons. The van der Waals surface area contributed by atoms with Gasteiger partial charge in [0.15, 0.2) is 0 Å². The predicted molar refractivity (Wildman–Crippen MR) is 144 cm³/mol. The number of nitrogens with one attached hydrogen (secondary N) is 2. The molecule has 0 bridgehead atoms. The highest BCUT2D eigenvalue weighted by Gasteiger charge is 2.37. The fourth-order valence-electron chi connectivity index (χ4n) is 3.93. The van der Waals surface area contributed by atoms with E-state index in [-0.39, 0.29) is 25.5 Å². The lowest BCUT2D eigenvalue weighted by Gasteiger charge is -2.35. The van der Waals surface area contributed by atoms with E-state index in [2.05, 4.69) is 10.6 Å². The van der Waals surface area contributed by atoms with Crippen molar-refractivity contribution >= 4 is 17.9 Å². The van der Waals surface area contributed by atoms with E-state index in [1.807, 2.05) is 76.2 Å². The molecular weight excluding hydrogens is 470 g/mol. The van der Waals surface area contributed by atoms with Gasteiger partial charge >= 0.3 is 6.09 Å². The normalized spacial score (nSPS) is 13.3. The summed E-state index contributed by atoms with van der Waals surface area (Å²) in [5.74, 6) is -0.880. The minimum atomic E-state index is -1.03. The molecule has 2 aromatic carbocycles. The van der Waals surface area contributed by atoms with Gasteiger partial charge in [-0.15, -0.1) is 0 Å². The van der Waals surface area contributed by atoms with Crippen molar-refractivity contribution in [3.05, 3.63) is 71.3 Å². The summed E-state index contributed by atoms with van der Waals surface area (Å²) in [7, 11) is 0. The van der Waals surface area contributed by atoms with Crippen LogP contribution in [-0.2, 0) is 20.7 Å². The Labute approximate surface area is 220 Å². The van der Waals surface area contributed by atoms with Crippen molar-refractivity contribution in [2.45, 2.75) is 78.1 Å². The number of benzene rings is 2. The maximum atomic E-state index is 14.1. The average molecular weight is 512 g/mol. The second-order valence-electron chi connectivity index (χ2n) is 11.2. The molecule has 2 unspecified atom stereocenters. The molecule has 0 saturated carbocycles. The summed E-state index contributed by atoms with van der Waals surface area (Å²) < 4.78 is 5.42. The predicted octanol–water partition coefficient (Wildman–Crippen LogP) is 3.91. The molecule has 2 rings (SSSR count). The van der Waals surface area contributed by atoms with Gasteiger partial charge in [0, 0.05) is 18.5 Å². The first-order chi connectivity index (χ1) is 17.2. The Balaban J connectivity index is 2.53. The monoisotopic (exact) mass is 511 g/mol. The van der Waals surface area contributed by atoms with E-state index in [0.29, 0.717) is 5.56 Å². The zero-order valence-electron chi connectivity index (χ0n) is 23.0. The smallest absolute Gasteiger partial charge is 0.408 e. The molecular formula is C29H41N3O5. The second kappa shape index (κ2) is 12.7. The van der Waals surface area contributed by atoms with E-state index in [9.17, 15) is 19.5 Å². The summed E-state index contributed by atoms with van der Waals surface area (Å²) in [4.78, 5) is 41.7. The first-order valence-electron chi connectivity index (χ1n) is 12.5. The van der Waals surface area contributed by atoms with Gasteiger partial charge in [0.05, 0.1) is 6.61 Å². The molecule has 0 radical (unpaired) electrons. The van der Waals surface area contributed by atoms with Crippen LogP contribution in [0.15, 0.2) is 54.6 Å². The molecule has 0 aliphatic carbocycles. The van der Waals surface area contributed by atoms with E-state index in [1.54, 1.807) is 26.8 Å².